The Morgan fingerprint density at radius 3 is 2.81 bits per heavy atom. The van der Waals surface area contributed by atoms with Crippen molar-refractivity contribution in [3.8, 4) is 17.1 Å². The van der Waals surface area contributed by atoms with Gasteiger partial charge in [0.25, 0.3) is 0 Å². The summed E-state index contributed by atoms with van der Waals surface area (Å²) in [4.78, 5) is 12.4. The van der Waals surface area contributed by atoms with Gasteiger partial charge in [-0.15, -0.1) is 0 Å². The van der Waals surface area contributed by atoms with E-state index in [1.807, 2.05) is 0 Å². The van der Waals surface area contributed by atoms with Crippen molar-refractivity contribution < 1.29 is 5.11 Å². The average Bonchev–Trinajstić information content (AvgIpc) is 2.45. The number of hydrogen-bond donors (Lipinski definition) is 3. The Kier molecular flexibility index (Phi) is 5.16. The van der Waals surface area contributed by atoms with Gasteiger partial charge in [0.15, 0.2) is 5.82 Å². The fourth-order valence-electron chi connectivity index (χ4n) is 1.85. The Balaban J connectivity index is 2.24. The van der Waals surface area contributed by atoms with Crippen LogP contribution in [0.15, 0.2) is 18.2 Å². The minimum Gasteiger partial charge on any atom is -0.507 e. The zero-order valence-corrected chi connectivity index (χ0v) is 12.6. The van der Waals surface area contributed by atoms with Crippen molar-refractivity contribution in [1.29, 1.82) is 0 Å². The second-order valence-corrected chi connectivity index (χ2v) is 5.07. The molecule has 4 N–H and O–H groups in total. The van der Waals surface area contributed by atoms with Crippen LogP contribution in [0.5, 0.6) is 5.75 Å². The van der Waals surface area contributed by atoms with Crippen molar-refractivity contribution in [2.24, 2.45) is 0 Å². The molecule has 0 saturated carbocycles. The lowest BCUT2D eigenvalue weighted by Crippen LogP contribution is -2.09. The van der Waals surface area contributed by atoms with Crippen LogP contribution in [0, 0.1) is 0 Å². The maximum absolute atomic E-state index is 9.90. The molecule has 0 atom stereocenters. The highest BCUT2D eigenvalue weighted by Gasteiger charge is 2.11. The van der Waals surface area contributed by atoms with Gasteiger partial charge in [0, 0.05) is 11.6 Å². The smallest absolute Gasteiger partial charge is 0.228 e. The third-order valence-corrected chi connectivity index (χ3v) is 3.15. The lowest BCUT2D eigenvalue weighted by molar-refractivity contribution is 0.477. The fraction of sp³-hybridized carbons (Fsp3) is 0.357. The molecule has 0 aliphatic carbocycles. The first-order valence-corrected chi connectivity index (χ1v) is 7.22. The Bertz CT molecular complexity index is 620. The topological polar surface area (TPSA) is 97.0 Å². The van der Waals surface area contributed by atoms with Crippen LogP contribution in [-0.4, -0.2) is 26.6 Å². The van der Waals surface area contributed by atoms with E-state index < -0.39 is 0 Å². The maximum Gasteiger partial charge on any atom is 0.228 e. The highest BCUT2D eigenvalue weighted by molar-refractivity contribution is 6.30. The number of nitrogens with zero attached hydrogens (tertiary/aromatic N) is 3. The number of phenolic OH excluding ortho intramolecular Hbond substituents is 1. The molecular weight excluding hydrogens is 290 g/mol. The number of aromatic hydroxyl groups is 1. The number of nitrogen functional groups attached to an aromatic ring is 1. The molecule has 0 aliphatic heterocycles. The second-order valence-electron chi connectivity index (χ2n) is 4.64. The summed E-state index contributed by atoms with van der Waals surface area (Å²) in [6.07, 6.45) is 3.30. The van der Waals surface area contributed by atoms with Crippen LogP contribution >= 0.6 is 11.6 Å². The van der Waals surface area contributed by atoms with Crippen molar-refractivity contribution in [3.05, 3.63) is 23.2 Å². The zero-order valence-electron chi connectivity index (χ0n) is 11.8. The van der Waals surface area contributed by atoms with Gasteiger partial charge in [0.2, 0.25) is 11.9 Å². The van der Waals surface area contributed by atoms with E-state index in [1.165, 1.54) is 6.07 Å². The van der Waals surface area contributed by atoms with Crippen LogP contribution in [-0.2, 0) is 0 Å². The van der Waals surface area contributed by atoms with Crippen molar-refractivity contribution in [2.75, 3.05) is 17.6 Å². The number of nitrogens with two attached hydrogens (primary N) is 1. The van der Waals surface area contributed by atoms with E-state index in [1.54, 1.807) is 12.1 Å². The summed E-state index contributed by atoms with van der Waals surface area (Å²) in [6, 6.07) is 4.67. The monoisotopic (exact) mass is 307 g/mol. The summed E-state index contributed by atoms with van der Waals surface area (Å²) in [5.41, 5.74) is 6.12. The van der Waals surface area contributed by atoms with Gasteiger partial charge in [-0.2, -0.15) is 15.0 Å². The van der Waals surface area contributed by atoms with E-state index in [-0.39, 0.29) is 11.7 Å². The van der Waals surface area contributed by atoms with E-state index >= 15 is 0 Å². The molecule has 2 aromatic rings. The van der Waals surface area contributed by atoms with Gasteiger partial charge in [0.05, 0.1) is 5.56 Å². The molecule has 0 bridgehead atoms. The molecule has 1 aromatic carbocycles. The molecule has 1 aromatic heterocycles. The molecule has 0 radical (unpaired) electrons. The number of phenols is 1. The molecule has 0 spiro atoms. The summed E-state index contributed by atoms with van der Waals surface area (Å²) >= 11 is 5.94. The predicted molar refractivity (Wildman–Crippen MR) is 84.4 cm³/mol. The minimum absolute atomic E-state index is 0.0435. The van der Waals surface area contributed by atoms with Crippen LogP contribution in [0.3, 0.4) is 0 Å². The van der Waals surface area contributed by atoms with E-state index in [2.05, 4.69) is 27.2 Å². The first kappa shape index (κ1) is 15.3. The third-order valence-electron chi connectivity index (χ3n) is 2.92. The third kappa shape index (κ3) is 4.19. The standard InChI is InChI=1S/C14H18ClN5O/c1-2-3-4-7-17-14-19-12(18-13(16)20-14)10-8-9(15)5-6-11(10)21/h5-6,8,21H,2-4,7H2,1H3,(H3,16,17,18,19,20). The van der Waals surface area contributed by atoms with E-state index in [0.29, 0.717) is 22.4 Å². The summed E-state index contributed by atoms with van der Waals surface area (Å²) < 4.78 is 0. The molecule has 0 fully saturated rings. The lowest BCUT2D eigenvalue weighted by atomic mass is 10.2. The molecule has 21 heavy (non-hydrogen) atoms. The fourth-order valence-corrected chi connectivity index (χ4v) is 2.03. The Morgan fingerprint density at radius 2 is 2.05 bits per heavy atom. The molecule has 0 aliphatic rings. The molecule has 0 saturated heterocycles. The van der Waals surface area contributed by atoms with Crippen LogP contribution in [0.25, 0.3) is 11.4 Å². The summed E-state index contributed by atoms with van der Waals surface area (Å²) in [6.45, 7) is 2.90. The second kappa shape index (κ2) is 7.08. The lowest BCUT2D eigenvalue weighted by Gasteiger charge is -2.08. The quantitative estimate of drug-likeness (QED) is 0.710. The first-order valence-electron chi connectivity index (χ1n) is 6.84. The molecule has 0 unspecified atom stereocenters. The molecule has 1 heterocycles. The van der Waals surface area contributed by atoms with Crippen molar-refractivity contribution in [1.82, 2.24) is 15.0 Å². The average molecular weight is 308 g/mol. The number of hydrogen-bond acceptors (Lipinski definition) is 6. The van der Waals surface area contributed by atoms with Gasteiger partial charge in [-0.1, -0.05) is 31.4 Å². The largest absolute Gasteiger partial charge is 0.507 e. The van der Waals surface area contributed by atoms with Crippen LogP contribution < -0.4 is 11.1 Å². The van der Waals surface area contributed by atoms with Gasteiger partial charge in [-0.05, 0) is 24.6 Å². The van der Waals surface area contributed by atoms with Gasteiger partial charge >= 0.3 is 0 Å². The van der Waals surface area contributed by atoms with Gasteiger partial charge < -0.3 is 16.2 Å². The van der Waals surface area contributed by atoms with Crippen LogP contribution in [0.1, 0.15) is 26.2 Å². The van der Waals surface area contributed by atoms with E-state index in [4.69, 9.17) is 17.3 Å². The number of nitrogens with one attached hydrogen (secondary N) is 1. The van der Waals surface area contributed by atoms with Crippen molar-refractivity contribution in [2.45, 2.75) is 26.2 Å². The highest BCUT2D eigenvalue weighted by Crippen LogP contribution is 2.29. The first-order chi connectivity index (χ1) is 10.1. The SMILES string of the molecule is CCCCCNc1nc(N)nc(-c2cc(Cl)ccc2O)n1. The van der Waals surface area contributed by atoms with Gasteiger partial charge in [-0.25, -0.2) is 0 Å². The Hall–Kier alpha value is -2.08. The summed E-state index contributed by atoms with van der Waals surface area (Å²) in [5, 5.41) is 13.5. The molecule has 6 nitrogen and oxygen atoms in total. The van der Waals surface area contributed by atoms with Gasteiger partial charge in [0.1, 0.15) is 5.75 Å². The molecule has 112 valence electrons. The molecule has 0 amide bonds. The zero-order chi connectivity index (χ0) is 15.2. The number of benzene rings is 1. The van der Waals surface area contributed by atoms with Crippen molar-refractivity contribution >= 4 is 23.5 Å². The van der Waals surface area contributed by atoms with Crippen molar-refractivity contribution in [3.63, 3.8) is 0 Å². The molecule has 2 rings (SSSR count). The number of halogens is 1. The predicted octanol–water partition coefficient (Wildman–Crippen LogP) is 3.08. The van der Waals surface area contributed by atoms with Gasteiger partial charge in [-0.3, -0.25) is 0 Å². The van der Waals surface area contributed by atoms with E-state index in [0.717, 1.165) is 25.8 Å². The number of anilines is 2. The highest BCUT2D eigenvalue weighted by atomic mass is 35.5. The minimum atomic E-state index is 0.0435. The number of unbranched alkanes of at least 4 members (excludes halogenated alkanes) is 2. The molecular formula is C14H18ClN5O. The summed E-state index contributed by atoms with van der Waals surface area (Å²) in [5.74, 6) is 0.827. The van der Waals surface area contributed by atoms with Crippen LogP contribution in [0.4, 0.5) is 11.9 Å². The normalized spacial score (nSPS) is 10.6. The Labute approximate surface area is 128 Å². The van der Waals surface area contributed by atoms with Crippen LogP contribution in [0.2, 0.25) is 5.02 Å². The summed E-state index contributed by atoms with van der Waals surface area (Å²) in [7, 11) is 0. The number of aromatic nitrogens is 3. The Morgan fingerprint density at radius 1 is 1.24 bits per heavy atom. The maximum atomic E-state index is 9.90. The van der Waals surface area contributed by atoms with E-state index in [9.17, 15) is 5.11 Å². The number of rotatable bonds is 6. The molecule has 7 heteroatoms.